The van der Waals surface area contributed by atoms with E-state index >= 15 is 0 Å². The fourth-order valence-electron chi connectivity index (χ4n) is 5.25. The van der Waals surface area contributed by atoms with Crippen molar-refractivity contribution in [3.05, 3.63) is 71.8 Å². The highest BCUT2D eigenvalue weighted by Crippen LogP contribution is 2.19. The summed E-state index contributed by atoms with van der Waals surface area (Å²) in [6.07, 6.45) is 23.7. The minimum absolute atomic E-state index is 0.594. The summed E-state index contributed by atoms with van der Waals surface area (Å²) in [5.41, 5.74) is 3.79. The molecular weight excluding hydrogens is 540 g/mol. The van der Waals surface area contributed by atoms with Gasteiger partial charge in [-0.3, -0.25) is 0 Å². The Labute approximate surface area is 268 Å². The van der Waals surface area contributed by atoms with Gasteiger partial charge < -0.3 is 9.47 Å². The minimum atomic E-state index is 0.594. The number of hydrogen-bond donors (Lipinski definition) is 0. The van der Waals surface area contributed by atoms with Crippen molar-refractivity contribution in [3.8, 4) is 34.7 Å². The predicted octanol–water partition coefficient (Wildman–Crippen LogP) is 11.4. The van der Waals surface area contributed by atoms with Gasteiger partial charge in [0.2, 0.25) is 5.88 Å². The molecule has 0 atom stereocenters. The smallest absolute Gasteiger partial charge is 0.233 e. The van der Waals surface area contributed by atoms with Gasteiger partial charge in [-0.15, -0.1) is 10.2 Å². The quantitative estimate of drug-likeness (QED) is 0.0807. The van der Waals surface area contributed by atoms with Gasteiger partial charge in [-0.2, -0.15) is 0 Å². The molecule has 0 spiro atoms. The molecule has 0 amide bonds. The van der Waals surface area contributed by atoms with Crippen LogP contribution >= 0.6 is 0 Å². The van der Waals surface area contributed by atoms with E-state index < -0.39 is 0 Å². The second kappa shape index (κ2) is 23.1. The SMILES string of the molecule is CCCCCCCCCCCCOc1ccc(-c2ccc(C#Cc3ccc(OCCCCCCCCCC)cc3)cc2)nn1. The Balaban J connectivity index is 1.30. The van der Waals surface area contributed by atoms with Gasteiger partial charge in [0.25, 0.3) is 0 Å². The zero-order valence-corrected chi connectivity index (χ0v) is 27.6. The van der Waals surface area contributed by atoms with Gasteiger partial charge in [-0.05, 0) is 55.3 Å². The van der Waals surface area contributed by atoms with Crippen molar-refractivity contribution in [3.63, 3.8) is 0 Å². The first-order valence-electron chi connectivity index (χ1n) is 17.6. The summed E-state index contributed by atoms with van der Waals surface area (Å²) in [6, 6.07) is 20.1. The zero-order valence-electron chi connectivity index (χ0n) is 27.6. The minimum Gasteiger partial charge on any atom is -0.494 e. The van der Waals surface area contributed by atoms with Crippen LogP contribution in [0.15, 0.2) is 60.7 Å². The van der Waals surface area contributed by atoms with Crippen molar-refractivity contribution in [1.82, 2.24) is 10.2 Å². The molecule has 238 valence electrons. The number of benzene rings is 2. The van der Waals surface area contributed by atoms with Crippen LogP contribution in [0.25, 0.3) is 11.3 Å². The number of hydrogen-bond acceptors (Lipinski definition) is 4. The van der Waals surface area contributed by atoms with E-state index in [0.717, 1.165) is 47.6 Å². The van der Waals surface area contributed by atoms with Crippen molar-refractivity contribution in [2.24, 2.45) is 0 Å². The first kappa shape index (κ1) is 35.2. The van der Waals surface area contributed by atoms with Crippen LogP contribution in [0.3, 0.4) is 0 Å². The molecule has 2 aromatic carbocycles. The van der Waals surface area contributed by atoms with E-state index in [9.17, 15) is 0 Å². The van der Waals surface area contributed by atoms with Gasteiger partial charge in [0, 0.05) is 22.8 Å². The third kappa shape index (κ3) is 15.4. The Morgan fingerprint density at radius 1 is 0.455 bits per heavy atom. The Morgan fingerprint density at radius 3 is 1.39 bits per heavy atom. The summed E-state index contributed by atoms with van der Waals surface area (Å²) in [4.78, 5) is 0. The van der Waals surface area contributed by atoms with Crippen molar-refractivity contribution in [2.45, 2.75) is 129 Å². The molecule has 0 aliphatic heterocycles. The van der Waals surface area contributed by atoms with E-state index in [-0.39, 0.29) is 0 Å². The fourth-order valence-corrected chi connectivity index (χ4v) is 5.25. The van der Waals surface area contributed by atoms with Gasteiger partial charge in [0.15, 0.2) is 0 Å². The molecule has 3 aromatic rings. The number of rotatable bonds is 23. The average Bonchev–Trinajstić information content (AvgIpc) is 3.06. The lowest BCUT2D eigenvalue weighted by Crippen LogP contribution is -2.00. The molecular formula is C40H56N2O2. The molecule has 0 unspecified atom stereocenters. The Bertz CT molecular complexity index is 1180. The lowest BCUT2D eigenvalue weighted by atomic mass is 10.1. The molecule has 4 heteroatoms. The normalized spacial score (nSPS) is 10.8. The Morgan fingerprint density at radius 2 is 0.909 bits per heavy atom. The molecule has 0 radical (unpaired) electrons. The van der Waals surface area contributed by atoms with Gasteiger partial charge >= 0.3 is 0 Å². The van der Waals surface area contributed by atoms with Crippen LogP contribution in [-0.4, -0.2) is 23.4 Å². The fraction of sp³-hybridized carbons (Fsp3) is 0.550. The molecule has 3 rings (SSSR count). The highest BCUT2D eigenvalue weighted by Gasteiger charge is 2.03. The lowest BCUT2D eigenvalue weighted by molar-refractivity contribution is 0.290. The third-order valence-electron chi connectivity index (χ3n) is 8.04. The second-order valence-electron chi connectivity index (χ2n) is 12.0. The van der Waals surface area contributed by atoms with Gasteiger partial charge in [0.05, 0.1) is 18.9 Å². The van der Waals surface area contributed by atoms with Crippen LogP contribution in [-0.2, 0) is 0 Å². The molecule has 44 heavy (non-hydrogen) atoms. The standard InChI is InChI=1S/C40H56N2O2/c1-3-5-7-9-11-13-14-16-18-20-34-44-40-32-31-39(41-42-40)37-27-23-35(24-28-37)21-22-36-25-29-38(30-26-36)43-33-19-17-15-12-10-8-6-4-2/h23-32H,3-20,33-34H2,1-2H3. The summed E-state index contributed by atoms with van der Waals surface area (Å²) < 4.78 is 11.7. The molecule has 0 saturated carbocycles. The zero-order chi connectivity index (χ0) is 30.9. The molecule has 0 bridgehead atoms. The van der Waals surface area contributed by atoms with Crippen molar-refractivity contribution < 1.29 is 9.47 Å². The molecule has 4 nitrogen and oxygen atoms in total. The van der Waals surface area contributed by atoms with Crippen LogP contribution in [0, 0.1) is 11.8 Å². The number of unbranched alkanes of at least 4 members (excludes halogenated alkanes) is 16. The summed E-state index contributed by atoms with van der Waals surface area (Å²) in [5.74, 6) is 8.03. The van der Waals surface area contributed by atoms with Crippen molar-refractivity contribution >= 4 is 0 Å². The van der Waals surface area contributed by atoms with Gasteiger partial charge in [-0.1, -0.05) is 141 Å². The summed E-state index contributed by atoms with van der Waals surface area (Å²) in [5, 5.41) is 8.65. The molecule has 1 heterocycles. The molecule has 1 aromatic heterocycles. The molecule has 0 fully saturated rings. The van der Waals surface area contributed by atoms with E-state index in [0.29, 0.717) is 12.5 Å². The molecule has 0 aliphatic rings. The van der Waals surface area contributed by atoms with Crippen LogP contribution in [0.2, 0.25) is 0 Å². The number of aromatic nitrogens is 2. The number of nitrogens with zero attached hydrogens (tertiary/aromatic N) is 2. The van der Waals surface area contributed by atoms with E-state index in [1.54, 1.807) is 0 Å². The lowest BCUT2D eigenvalue weighted by Gasteiger charge is -2.06. The summed E-state index contributed by atoms with van der Waals surface area (Å²) >= 11 is 0. The van der Waals surface area contributed by atoms with Gasteiger partial charge in [-0.25, -0.2) is 0 Å². The van der Waals surface area contributed by atoms with E-state index in [4.69, 9.17) is 9.47 Å². The first-order chi connectivity index (χ1) is 21.8. The largest absolute Gasteiger partial charge is 0.494 e. The first-order valence-corrected chi connectivity index (χ1v) is 17.6. The molecule has 0 aliphatic carbocycles. The molecule has 0 N–H and O–H groups in total. The maximum absolute atomic E-state index is 5.92. The van der Waals surface area contributed by atoms with Crippen LogP contribution < -0.4 is 9.47 Å². The average molecular weight is 597 g/mol. The van der Waals surface area contributed by atoms with E-state index in [2.05, 4.69) is 35.9 Å². The van der Waals surface area contributed by atoms with Crippen LogP contribution in [0.4, 0.5) is 0 Å². The van der Waals surface area contributed by atoms with Crippen LogP contribution in [0.1, 0.15) is 141 Å². The van der Waals surface area contributed by atoms with Gasteiger partial charge in [0.1, 0.15) is 5.75 Å². The highest BCUT2D eigenvalue weighted by molar-refractivity contribution is 5.60. The van der Waals surface area contributed by atoms with Crippen molar-refractivity contribution in [2.75, 3.05) is 13.2 Å². The maximum Gasteiger partial charge on any atom is 0.233 e. The van der Waals surface area contributed by atoms with E-state index in [1.165, 1.54) is 103 Å². The van der Waals surface area contributed by atoms with Crippen molar-refractivity contribution in [1.29, 1.82) is 0 Å². The monoisotopic (exact) mass is 596 g/mol. The Hall–Kier alpha value is -3.32. The second-order valence-corrected chi connectivity index (χ2v) is 12.0. The topological polar surface area (TPSA) is 44.2 Å². The number of ether oxygens (including phenoxy) is 2. The predicted molar refractivity (Wildman–Crippen MR) is 185 cm³/mol. The maximum atomic E-state index is 5.92. The molecule has 0 saturated heterocycles. The third-order valence-corrected chi connectivity index (χ3v) is 8.04. The van der Waals surface area contributed by atoms with Crippen LogP contribution in [0.5, 0.6) is 11.6 Å². The summed E-state index contributed by atoms with van der Waals surface area (Å²) in [7, 11) is 0. The Kier molecular flexibility index (Phi) is 18.5. The highest BCUT2D eigenvalue weighted by atomic mass is 16.5. The summed E-state index contributed by atoms with van der Waals surface area (Å²) in [6.45, 7) is 6.02. The van der Waals surface area contributed by atoms with E-state index in [1.807, 2.05) is 60.7 Å².